The molecule has 2 N–H and O–H groups in total. The van der Waals surface area contributed by atoms with E-state index in [-0.39, 0.29) is 12.6 Å². The van der Waals surface area contributed by atoms with Gasteiger partial charge in [-0.2, -0.15) is 0 Å². The lowest BCUT2D eigenvalue weighted by molar-refractivity contribution is 0.237. The molecule has 0 aliphatic rings. The second-order valence-corrected chi connectivity index (χ2v) is 4.05. The van der Waals surface area contributed by atoms with Crippen LogP contribution in [-0.2, 0) is 6.54 Å². The number of nitrogens with one attached hydrogen (secondary N) is 1. The van der Waals surface area contributed by atoms with Crippen LogP contribution in [0, 0.1) is 0 Å². The molecule has 18 heavy (non-hydrogen) atoms. The molecule has 0 aliphatic carbocycles. The van der Waals surface area contributed by atoms with Crippen molar-refractivity contribution >= 4 is 0 Å². The first-order valence-electron chi connectivity index (χ1n) is 6.39. The summed E-state index contributed by atoms with van der Waals surface area (Å²) in [5.74, 6) is 1.52. The largest absolute Gasteiger partial charge is 0.493 e. The van der Waals surface area contributed by atoms with E-state index in [4.69, 9.17) is 14.6 Å². The molecule has 0 heterocycles. The van der Waals surface area contributed by atoms with E-state index in [2.05, 4.69) is 5.32 Å². The fourth-order valence-corrected chi connectivity index (χ4v) is 1.76. The van der Waals surface area contributed by atoms with Gasteiger partial charge in [-0.3, -0.25) is 0 Å². The normalized spacial score (nSPS) is 12.2. The van der Waals surface area contributed by atoms with Crippen molar-refractivity contribution in [1.29, 1.82) is 0 Å². The van der Waals surface area contributed by atoms with Gasteiger partial charge >= 0.3 is 0 Å². The maximum absolute atomic E-state index is 9.16. The van der Waals surface area contributed by atoms with Crippen molar-refractivity contribution < 1.29 is 14.6 Å². The van der Waals surface area contributed by atoms with Crippen LogP contribution in [0.3, 0.4) is 0 Å². The Kier molecular flexibility index (Phi) is 6.54. The number of ether oxygens (including phenoxy) is 2. The zero-order valence-corrected chi connectivity index (χ0v) is 11.4. The average molecular weight is 253 g/mol. The second kappa shape index (κ2) is 7.95. The molecule has 0 spiro atoms. The van der Waals surface area contributed by atoms with Gasteiger partial charge in [-0.15, -0.1) is 0 Å². The van der Waals surface area contributed by atoms with Gasteiger partial charge < -0.3 is 19.9 Å². The number of aliphatic hydroxyl groups excluding tert-OH is 1. The van der Waals surface area contributed by atoms with E-state index in [1.807, 2.05) is 32.0 Å². The lowest BCUT2D eigenvalue weighted by Crippen LogP contribution is -2.31. The predicted octanol–water partition coefficient (Wildman–Crippen LogP) is 1.95. The summed E-state index contributed by atoms with van der Waals surface area (Å²) in [6.45, 7) is 5.40. The molecule has 0 saturated carbocycles. The van der Waals surface area contributed by atoms with Crippen LogP contribution in [0.2, 0.25) is 0 Å². The second-order valence-electron chi connectivity index (χ2n) is 4.05. The van der Waals surface area contributed by atoms with Gasteiger partial charge in [0.15, 0.2) is 11.5 Å². The number of aliphatic hydroxyl groups is 1. The van der Waals surface area contributed by atoms with E-state index < -0.39 is 0 Å². The van der Waals surface area contributed by atoms with Gasteiger partial charge in [-0.05, 0) is 19.4 Å². The minimum Gasteiger partial charge on any atom is -0.493 e. The van der Waals surface area contributed by atoms with Crippen LogP contribution in [0.1, 0.15) is 25.8 Å². The maximum atomic E-state index is 9.16. The number of hydrogen-bond acceptors (Lipinski definition) is 4. The van der Waals surface area contributed by atoms with Crippen LogP contribution in [0.15, 0.2) is 18.2 Å². The summed E-state index contributed by atoms with van der Waals surface area (Å²) in [5.41, 5.74) is 1.04. The molecule has 102 valence electrons. The molecule has 1 rings (SSSR count). The van der Waals surface area contributed by atoms with Crippen molar-refractivity contribution in [3.8, 4) is 11.5 Å². The van der Waals surface area contributed by atoms with Gasteiger partial charge in [0.2, 0.25) is 0 Å². The Bertz CT molecular complexity index is 351. The molecule has 4 heteroatoms. The topological polar surface area (TPSA) is 50.7 Å². The quantitative estimate of drug-likeness (QED) is 0.743. The molecule has 0 unspecified atom stereocenters. The monoisotopic (exact) mass is 253 g/mol. The first-order chi connectivity index (χ1) is 8.76. The fraction of sp³-hybridized carbons (Fsp3) is 0.571. The van der Waals surface area contributed by atoms with E-state index in [0.717, 1.165) is 23.5 Å². The first kappa shape index (κ1) is 14.8. The lowest BCUT2D eigenvalue weighted by Gasteiger charge is -2.17. The first-order valence-corrected chi connectivity index (χ1v) is 6.39. The number of para-hydroxylation sites is 1. The van der Waals surface area contributed by atoms with Gasteiger partial charge in [0.1, 0.15) is 0 Å². The number of rotatable bonds is 8. The van der Waals surface area contributed by atoms with Gasteiger partial charge in [0.05, 0.1) is 20.3 Å². The zero-order chi connectivity index (χ0) is 13.4. The molecule has 0 aliphatic heterocycles. The van der Waals surface area contributed by atoms with Crippen LogP contribution in [0.5, 0.6) is 11.5 Å². The van der Waals surface area contributed by atoms with Crippen molar-refractivity contribution in [2.75, 3.05) is 20.3 Å². The molecule has 0 fully saturated rings. The maximum Gasteiger partial charge on any atom is 0.165 e. The summed E-state index contributed by atoms with van der Waals surface area (Å²) >= 11 is 0. The molecular formula is C14H23NO3. The Morgan fingerprint density at radius 2 is 2.11 bits per heavy atom. The molecule has 0 bridgehead atoms. The Hall–Kier alpha value is -1.26. The van der Waals surface area contributed by atoms with Crippen molar-refractivity contribution in [3.63, 3.8) is 0 Å². The Morgan fingerprint density at radius 3 is 2.67 bits per heavy atom. The van der Waals surface area contributed by atoms with Crippen molar-refractivity contribution in [1.82, 2.24) is 5.32 Å². The Morgan fingerprint density at radius 1 is 1.33 bits per heavy atom. The highest BCUT2D eigenvalue weighted by atomic mass is 16.5. The average Bonchev–Trinajstić information content (AvgIpc) is 2.41. The van der Waals surface area contributed by atoms with E-state index in [9.17, 15) is 0 Å². The summed E-state index contributed by atoms with van der Waals surface area (Å²) in [5, 5.41) is 12.5. The van der Waals surface area contributed by atoms with Crippen molar-refractivity contribution in [2.24, 2.45) is 0 Å². The van der Waals surface area contributed by atoms with E-state index in [1.54, 1.807) is 7.11 Å². The Labute approximate surface area is 109 Å². The summed E-state index contributed by atoms with van der Waals surface area (Å²) in [6.07, 6.45) is 0.893. The molecule has 1 aromatic carbocycles. The van der Waals surface area contributed by atoms with E-state index in [0.29, 0.717) is 13.2 Å². The van der Waals surface area contributed by atoms with Crippen LogP contribution in [0.4, 0.5) is 0 Å². The summed E-state index contributed by atoms with van der Waals surface area (Å²) < 4.78 is 10.9. The molecule has 1 aromatic rings. The van der Waals surface area contributed by atoms with Crippen molar-refractivity contribution in [3.05, 3.63) is 23.8 Å². The molecular weight excluding hydrogens is 230 g/mol. The van der Waals surface area contributed by atoms with Gasteiger partial charge in [-0.1, -0.05) is 19.1 Å². The summed E-state index contributed by atoms with van der Waals surface area (Å²) in [6, 6.07) is 5.95. The van der Waals surface area contributed by atoms with Crippen LogP contribution >= 0.6 is 0 Å². The van der Waals surface area contributed by atoms with E-state index >= 15 is 0 Å². The minimum atomic E-state index is 0.116. The van der Waals surface area contributed by atoms with Gasteiger partial charge in [-0.25, -0.2) is 0 Å². The molecule has 0 aromatic heterocycles. The van der Waals surface area contributed by atoms with Crippen LogP contribution in [0.25, 0.3) is 0 Å². The SMILES string of the molecule is CCOc1c(CN[C@@H](CC)CO)cccc1OC. The van der Waals surface area contributed by atoms with Crippen molar-refractivity contribution in [2.45, 2.75) is 32.9 Å². The highest BCUT2D eigenvalue weighted by Gasteiger charge is 2.11. The number of hydrogen-bond donors (Lipinski definition) is 2. The molecule has 0 saturated heterocycles. The highest BCUT2D eigenvalue weighted by Crippen LogP contribution is 2.31. The third-order valence-corrected chi connectivity index (χ3v) is 2.86. The molecule has 0 radical (unpaired) electrons. The molecule has 0 amide bonds. The predicted molar refractivity (Wildman–Crippen MR) is 72.2 cm³/mol. The highest BCUT2D eigenvalue weighted by molar-refractivity contribution is 5.46. The van der Waals surface area contributed by atoms with E-state index in [1.165, 1.54) is 0 Å². The third-order valence-electron chi connectivity index (χ3n) is 2.86. The molecule has 1 atom stereocenters. The fourth-order valence-electron chi connectivity index (χ4n) is 1.76. The summed E-state index contributed by atoms with van der Waals surface area (Å²) in [4.78, 5) is 0. The number of benzene rings is 1. The number of methoxy groups -OCH3 is 1. The summed E-state index contributed by atoms with van der Waals surface area (Å²) in [7, 11) is 1.64. The zero-order valence-electron chi connectivity index (χ0n) is 11.4. The van der Waals surface area contributed by atoms with Crippen LogP contribution < -0.4 is 14.8 Å². The standard InChI is InChI=1S/C14H23NO3/c1-4-12(10-16)15-9-11-7-6-8-13(17-3)14(11)18-5-2/h6-8,12,15-16H,4-5,9-10H2,1-3H3/t12-/m0/s1. The van der Waals surface area contributed by atoms with Crippen LogP contribution in [-0.4, -0.2) is 31.5 Å². The molecule has 4 nitrogen and oxygen atoms in total. The lowest BCUT2D eigenvalue weighted by atomic mass is 10.1. The van der Waals surface area contributed by atoms with Gasteiger partial charge in [0, 0.05) is 18.2 Å². The Balaban J connectivity index is 2.80. The third kappa shape index (κ3) is 3.89. The smallest absolute Gasteiger partial charge is 0.165 e. The minimum absolute atomic E-state index is 0.116. The van der Waals surface area contributed by atoms with Gasteiger partial charge in [0.25, 0.3) is 0 Å².